The van der Waals surface area contributed by atoms with Crippen LogP contribution in [0.3, 0.4) is 0 Å². The third-order valence-electron chi connectivity index (χ3n) is 8.85. The normalized spacial score (nSPS) is 12.3. The van der Waals surface area contributed by atoms with Gasteiger partial charge in [-0.1, -0.05) is 115 Å². The van der Waals surface area contributed by atoms with Gasteiger partial charge in [-0.25, -0.2) is 15.0 Å². The Morgan fingerprint density at radius 1 is 0.422 bits per heavy atom. The van der Waals surface area contributed by atoms with Gasteiger partial charge in [-0.2, -0.15) is 0 Å². The number of fused-ring (bicyclic) bond motifs is 6. The summed E-state index contributed by atoms with van der Waals surface area (Å²) in [7, 11) is 0. The van der Waals surface area contributed by atoms with Gasteiger partial charge in [-0.05, 0) is 70.5 Å². The highest BCUT2D eigenvalue weighted by Gasteiger charge is 2.23. The number of hydrogen-bond donors (Lipinski definition) is 0. The molecule has 0 atom stereocenters. The van der Waals surface area contributed by atoms with Gasteiger partial charge in [0, 0.05) is 27.5 Å². The Bertz CT molecular complexity index is 2380. The second-order valence-electron chi connectivity index (χ2n) is 11.5. The Morgan fingerprint density at radius 3 is 1.89 bits per heavy atom. The van der Waals surface area contributed by atoms with Crippen LogP contribution in [0.4, 0.5) is 0 Å². The standard InChI is InChI=1S/C41H27N3O/c1-3-11-26(12-4-1)33-23-24-36-37(34-17-9-10-18-35(34)45-36)38(33)41-43-39(28-14-5-2-6-15-28)42-40(44-41)30-21-22-32-29(25-30)20-19-27-13-7-8-16-31(27)32/h1-18,21-25H,19-20H2. The number of aromatic nitrogens is 3. The number of furan rings is 1. The lowest BCUT2D eigenvalue weighted by atomic mass is 9.85. The van der Waals surface area contributed by atoms with Crippen LogP contribution in [0.15, 0.2) is 144 Å². The van der Waals surface area contributed by atoms with E-state index in [4.69, 9.17) is 19.4 Å². The molecule has 8 aromatic rings. The van der Waals surface area contributed by atoms with Gasteiger partial charge < -0.3 is 4.42 Å². The van der Waals surface area contributed by atoms with E-state index in [1.807, 2.05) is 36.4 Å². The summed E-state index contributed by atoms with van der Waals surface area (Å²) in [6.07, 6.45) is 2.02. The van der Waals surface area contributed by atoms with Crippen molar-refractivity contribution in [3.63, 3.8) is 0 Å². The fraction of sp³-hybridized carbons (Fsp3) is 0.0488. The third kappa shape index (κ3) is 4.34. The van der Waals surface area contributed by atoms with Gasteiger partial charge in [0.15, 0.2) is 17.5 Å². The van der Waals surface area contributed by atoms with Gasteiger partial charge in [-0.15, -0.1) is 0 Å². The quantitative estimate of drug-likeness (QED) is 0.209. The zero-order valence-electron chi connectivity index (χ0n) is 24.4. The van der Waals surface area contributed by atoms with Crippen LogP contribution in [-0.4, -0.2) is 15.0 Å². The Labute approximate surface area is 260 Å². The van der Waals surface area contributed by atoms with E-state index in [1.54, 1.807) is 0 Å². The SMILES string of the molecule is c1ccc(-c2nc(-c3ccc4c(c3)CCc3ccccc3-4)nc(-c3c(-c4ccccc4)ccc4oc5ccccc5c34)n2)cc1. The van der Waals surface area contributed by atoms with Gasteiger partial charge >= 0.3 is 0 Å². The predicted octanol–water partition coefficient (Wildman–Crippen LogP) is 10.2. The average Bonchev–Trinajstić information content (AvgIpc) is 3.50. The Morgan fingerprint density at radius 2 is 1.04 bits per heavy atom. The summed E-state index contributed by atoms with van der Waals surface area (Å²) in [6, 6.07) is 48.3. The molecule has 212 valence electrons. The number of nitrogens with zero attached hydrogens (tertiary/aromatic N) is 3. The molecule has 0 fully saturated rings. The monoisotopic (exact) mass is 577 g/mol. The first kappa shape index (κ1) is 25.6. The van der Waals surface area contributed by atoms with Gasteiger partial charge in [0.2, 0.25) is 0 Å². The van der Waals surface area contributed by atoms with Crippen LogP contribution < -0.4 is 0 Å². The molecule has 4 heteroatoms. The second kappa shape index (κ2) is 10.4. The van der Waals surface area contributed by atoms with E-state index in [9.17, 15) is 0 Å². The van der Waals surface area contributed by atoms with Crippen LogP contribution in [-0.2, 0) is 12.8 Å². The maximum Gasteiger partial charge on any atom is 0.165 e. The van der Waals surface area contributed by atoms with Crippen molar-refractivity contribution in [3.05, 3.63) is 151 Å². The van der Waals surface area contributed by atoms with Crippen molar-refractivity contribution >= 4 is 21.9 Å². The summed E-state index contributed by atoms with van der Waals surface area (Å²) < 4.78 is 6.35. The van der Waals surface area contributed by atoms with Crippen LogP contribution in [0.2, 0.25) is 0 Å². The summed E-state index contributed by atoms with van der Waals surface area (Å²) in [5, 5.41) is 2.04. The Balaban J connectivity index is 1.32. The van der Waals surface area contributed by atoms with Gasteiger partial charge in [0.1, 0.15) is 11.2 Å². The molecule has 0 saturated heterocycles. The molecule has 0 aliphatic heterocycles. The predicted molar refractivity (Wildman–Crippen MR) is 182 cm³/mol. The van der Waals surface area contributed by atoms with Crippen LogP contribution in [0.5, 0.6) is 0 Å². The maximum atomic E-state index is 6.35. The first-order valence-electron chi connectivity index (χ1n) is 15.3. The molecule has 1 aliphatic carbocycles. The average molecular weight is 578 g/mol. The topological polar surface area (TPSA) is 51.8 Å². The number of rotatable bonds is 4. The summed E-state index contributed by atoms with van der Waals surface area (Å²) in [6.45, 7) is 0. The minimum atomic E-state index is 0.623. The Hall–Kier alpha value is -5.87. The molecule has 0 bridgehead atoms. The highest BCUT2D eigenvalue weighted by Crippen LogP contribution is 2.43. The highest BCUT2D eigenvalue weighted by molar-refractivity contribution is 6.15. The molecule has 0 radical (unpaired) electrons. The van der Waals surface area contributed by atoms with E-state index >= 15 is 0 Å². The van der Waals surface area contributed by atoms with Gasteiger partial charge in [0.05, 0.1) is 0 Å². The zero-order chi connectivity index (χ0) is 29.7. The van der Waals surface area contributed by atoms with E-state index in [0.29, 0.717) is 17.5 Å². The smallest absolute Gasteiger partial charge is 0.165 e. The van der Waals surface area contributed by atoms with Gasteiger partial charge in [-0.3, -0.25) is 0 Å². The van der Waals surface area contributed by atoms with Crippen molar-refractivity contribution in [2.45, 2.75) is 12.8 Å². The maximum absolute atomic E-state index is 6.35. The van der Waals surface area contributed by atoms with E-state index < -0.39 is 0 Å². The molecule has 0 spiro atoms. The Kier molecular flexibility index (Phi) is 5.91. The summed E-state index contributed by atoms with van der Waals surface area (Å²) in [5.41, 5.74) is 12.0. The van der Waals surface area contributed by atoms with Crippen LogP contribution in [0.25, 0.3) is 78.4 Å². The molecular weight excluding hydrogens is 550 g/mol. The molecular formula is C41H27N3O. The van der Waals surface area contributed by atoms with Crippen molar-refractivity contribution in [3.8, 4) is 56.4 Å². The molecule has 4 nitrogen and oxygen atoms in total. The van der Waals surface area contributed by atoms with E-state index in [0.717, 1.165) is 62.6 Å². The first-order chi connectivity index (χ1) is 22.3. The molecule has 2 heterocycles. The van der Waals surface area contributed by atoms with Gasteiger partial charge in [0.25, 0.3) is 0 Å². The largest absolute Gasteiger partial charge is 0.456 e. The number of para-hydroxylation sites is 1. The number of benzene rings is 6. The first-order valence-corrected chi connectivity index (χ1v) is 15.3. The van der Waals surface area contributed by atoms with Crippen molar-refractivity contribution in [2.75, 3.05) is 0 Å². The number of aryl methyl sites for hydroxylation is 2. The highest BCUT2D eigenvalue weighted by atomic mass is 16.3. The fourth-order valence-electron chi connectivity index (χ4n) is 6.71. The van der Waals surface area contributed by atoms with Crippen LogP contribution >= 0.6 is 0 Å². The van der Waals surface area contributed by atoms with Crippen molar-refractivity contribution < 1.29 is 4.42 Å². The van der Waals surface area contributed by atoms with Crippen LogP contribution in [0.1, 0.15) is 11.1 Å². The molecule has 0 unspecified atom stereocenters. The fourth-order valence-corrected chi connectivity index (χ4v) is 6.71. The molecule has 0 amide bonds. The van der Waals surface area contributed by atoms with Crippen LogP contribution in [0, 0.1) is 0 Å². The minimum Gasteiger partial charge on any atom is -0.456 e. The molecule has 0 saturated carbocycles. The lowest BCUT2D eigenvalue weighted by Crippen LogP contribution is -2.05. The van der Waals surface area contributed by atoms with E-state index in [-0.39, 0.29) is 0 Å². The molecule has 45 heavy (non-hydrogen) atoms. The molecule has 6 aromatic carbocycles. The van der Waals surface area contributed by atoms with Crippen molar-refractivity contribution in [2.24, 2.45) is 0 Å². The lowest BCUT2D eigenvalue weighted by molar-refractivity contribution is 0.669. The van der Waals surface area contributed by atoms with E-state index in [1.165, 1.54) is 22.3 Å². The summed E-state index contributed by atoms with van der Waals surface area (Å²) in [4.78, 5) is 15.5. The summed E-state index contributed by atoms with van der Waals surface area (Å²) >= 11 is 0. The molecule has 9 rings (SSSR count). The molecule has 2 aromatic heterocycles. The minimum absolute atomic E-state index is 0.623. The number of hydrogen-bond acceptors (Lipinski definition) is 4. The van der Waals surface area contributed by atoms with Crippen molar-refractivity contribution in [1.82, 2.24) is 15.0 Å². The third-order valence-corrected chi connectivity index (χ3v) is 8.85. The van der Waals surface area contributed by atoms with Crippen molar-refractivity contribution in [1.29, 1.82) is 0 Å². The molecule has 0 N–H and O–H groups in total. The zero-order valence-corrected chi connectivity index (χ0v) is 24.4. The second-order valence-corrected chi connectivity index (χ2v) is 11.5. The molecule has 1 aliphatic rings. The summed E-state index contributed by atoms with van der Waals surface area (Å²) in [5.74, 6) is 1.92. The lowest BCUT2D eigenvalue weighted by Gasteiger charge is -2.20. The van der Waals surface area contributed by atoms with E-state index in [2.05, 4.69) is 103 Å².